The number of esters is 1. The summed E-state index contributed by atoms with van der Waals surface area (Å²) in [5.74, 6) is 0.734. The van der Waals surface area contributed by atoms with Gasteiger partial charge in [-0.2, -0.15) is 0 Å². The number of rotatable bonds is 40. The molecule has 0 fully saturated rings. The zero-order valence-electron chi connectivity index (χ0n) is 31.5. The number of benzene rings is 1. The van der Waals surface area contributed by atoms with E-state index in [1.165, 1.54) is 44.1 Å². The third kappa shape index (κ3) is 33.3. The Morgan fingerprint density at radius 2 is 0.780 bits per heavy atom. The van der Waals surface area contributed by atoms with Crippen LogP contribution in [0.4, 0.5) is 0 Å². The van der Waals surface area contributed by atoms with Crippen molar-refractivity contribution in [3.05, 3.63) is 29.8 Å². The number of aryl methyl sites for hydroxylation is 1. The minimum Gasteiger partial charge on any atom is -0.491 e. The van der Waals surface area contributed by atoms with E-state index in [1.54, 1.807) is 0 Å². The van der Waals surface area contributed by atoms with E-state index in [0.29, 0.717) is 119 Å². The standard InChI is InChI=1S/C39H70O11/c1-3-5-7-9-10-11-13-37-15-17-38(18-16-37)49-35-33-47-31-29-45-27-25-43-23-21-41-19-20-42-22-24-44-26-28-46-30-32-48-34-36-50-39(40)14-12-8-6-4-2/h15-18H,3-14,19-36H2,1-2H3. The lowest BCUT2D eigenvalue weighted by Gasteiger charge is -2.09. The zero-order chi connectivity index (χ0) is 35.8. The molecule has 0 N–H and O–H groups in total. The second-order valence-corrected chi connectivity index (χ2v) is 11.9. The van der Waals surface area contributed by atoms with Crippen LogP contribution in [0.2, 0.25) is 0 Å². The Morgan fingerprint density at radius 1 is 0.420 bits per heavy atom. The monoisotopic (exact) mass is 714 g/mol. The van der Waals surface area contributed by atoms with Crippen LogP contribution in [0, 0.1) is 0 Å². The molecule has 0 bridgehead atoms. The van der Waals surface area contributed by atoms with Crippen LogP contribution in [0.15, 0.2) is 24.3 Å². The number of unbranched alkanes of at least 4 members (excludes halogenated alkanes) is 8. The van der Waals surface area contributed by atoms with Crippen LogP contribution >= 0.6 is 0 Å². The molecule has 0 saturated carbocycles. The van der Waals surface area contributed by atoms with Crippen LogP contribution < -0.4 is 4.74 Å². The van der Waals surface area contributed by atoms with Gasteiger partial charge in [0.25, 0.3) is 0 Å². The predicted molar refractivity (Wildman–Crippen MR) is 195 cm³/mol. The van der Waals surface area contributed by atoms with Crippen LogP contribution in [0.1, 0.15) is 90.0 Å². The van der Waals surface area contributed by atoms with Crippen LogP contribution in [0.5, 0.6) is 5.75 Å². The maximum absolute atomic E-state index is 11.6. The zero-order valence-corrected chi connectivity index (χ0v) is 31.5. The molecule has 0 saturated heterocycles. The summed E-state index contributed by atoms with van der Waals surface area (Å²) in [5, 5.41) is 0. The van der Waals surface area contributed by atoms with Gasteiger partial charge >= 0.3 is 5.97 Å². The first-order valence-corrected chi connectivity index (χ1v) is 19.3. The highest BCUT2D eigenvalue weighted by Gasteiger charge is 2.02. The van der Waals surface area contributed by atoms with Gasteiger partial charge < -0.3 is 47.4 Å². The van der Waals surface area contributed by atoms with Gasteiger partial charge in [0, 0.05) is 6.42 Å². The van der Waals surface area contributed by atoms with Crippen molar-refractivity contribution in [1.29, 1.82) is 0 Å². The quantitative estimate of drug-likeness (QED) is 0.0541. The molecule has 11 nitrogen and oxygen atoms in total. The Bertz CT molecular complexity index is 825. The number of carbonyl (C=O) groups excluding carboxylic acids is 1. The Hall–Kier alpha value is -1.83. The minimum atomic E-state index is -0.149. The highest BCUT2D eigenvalue weighted by molar-refractivity contribution is 5.69. The van der Waals surface area contributed by atoms with E-state index in [4.69, 9.17) is 47.4 Å². The Balaban J connectivity index is 1.70. The molecule has 0 unspecified atom stereocenters. The summed E-state index contributed by atoms with van der Waals surface area (Å²) in [6.45, 7) is 13.2. The SMILES string of the molecule is CCCCCCCCc1ccc(OCCOCCOCCOCCOCCOCCOCCOCCOCCOC(=O)CCCCCC)cc1. The average molecular weight is 715 g/mol. The molecule has 0 aromatic heterocycles. The number of hydrogen-bond acceptors (Lipinski definition) is 11. The van der Waals surface area contributed by atoms with E-state index in [0.717, 1.165) is 37.9 Å². The van der Waals surface area contributed by atoms with Crippen LogP contribution in [-0.4, -0.2) is 125 Å². The summed E-state index contributed by atoms with van der Waals surface area (Å²) in [4.78, 5) is 11.6. The van der Waals surface area contributed by atoms with E-state index in [9.17, 15) is 4.79 Å². The van der Waals surface area contributed by atoms with E-state index in [-0.39, 0.29) is 12.6 Å². The van der Waals surface area contributed by atoms with Crippen LogP contribution in [0.25, 0.3) is 0 Å². The van der Waals surface area contributed by atoms with Crippen LogP contribution in [-0.2, 0) is 53.8 Å². The molecule has 0 spiro atoms. The van der Waals surface area contributed by atoms with E-state index >= 15 is 0 Å². The highest BCUT2D eigenvalue weighted by Crippen LogP contribution is 2.15. The van der Waals surface area contributed by atoms with Crippen LogP contribution in [0.3, 0.4) is 0 Å². The van der Waals surface area contributed by atoms with Crippen molar-refractivity contribution in [3.8, 4) is 5.75 Å². The molecule has 1 aromatic carbocycles. The topological polar surface area (TPSA) is 109 Å². The summed E-state index contributed by atoms with van der Waals surface area (Å²) < 4.78 is 54.9. The summed E-state index contributed by atoms with van der Waals surface area (Å²) >= 11 is 0. The molecule has 0 radical (unpaired) electrons. The van der Waals surface area contributed by atoms with E-state index < -0.39 is 0 Å². The van der Waals surface area contributed by atoms with Gasteiger partial charge in [-0.15, -0.1) is 0 Å². The molecule has 292 valence electrons. The second kappa shape index (κ2) is 38.4. The third-order valence-electron chi connectivity index (χ3n) is 7.57. The molecular weight excluding hydrogens is 644 g/mol. The van der Waals surface area contributed by atoms with Gasteiger partial charge in [0.2, 0.25) is 0 Å². The van der Waals surface area contributed by atoms with Gasteiger partial charge in [-0.05, 0) is 37.0 Å². The van der Waals surface area contributed by atoms with Gasteiger partial charge in [0.05, 0.1) is 106 Å². The van der Waals surface area contributed by atoms with Gasteiger partial charge in [-0.1, -0.05) is 77.3 Å². The van der Waals surface area contributed by atoms with Gasteiger partial charge in [-0.25, -0.2) is 0 Å². The summed E-state index contributed by atoms with van der Waals surface area (Å²) in [6, 6.07) is 8.43. The second-order valence-electron chi connectivity index (χ2n) is 11.9. The molecule has 1 aromatic rings. The molecule has 50 heavy (non-hydrogen) atoms. The minimum absolute atomic E-state index is 0.149. The van der Waals surface area contributed by atoms with Crippen molar-refractivity contribution in [2.45, 2.75) is 90.9 Å². The predicted octanol–water partition coefficient (Wildman–Crippen LogP) is 6.61. The van der Waals surface area contributed by atoms with Crippen molar-refractivity contribution in [1.82, 2.24) is 0 Å². The Morgan fingerprint density at radius 3 is 1.22 bits per heavy atom. The normalized spacial score (nSPS) is 11.3. The molecule has 0 aliphatic heterocycles. The average Bonchev–Trinajstić information content (AvgIpc) is 3.13. The van der Waals surface area contributed by atoms with Gasteiger partial charge in [0.1, 0.15) is 19.0 Å². The summed E-state index contributed by atoms with van der Waals surface area (Å²) in [7, 11) is 0. The molecule has 1 rings (SSSR count). The molecule has 0 atom stereocenters. The van der Waals surface area contributed by atoms with Gasteiger partial charge in [-0.3, -0.25) is 4.79 Å². The Kier molecular flexibility index (Phi) is 35.5. The van der Waals surface area contributed by atoms with E-state index in [2.05, 4.69) is 26.0 Å². The molecule has 0 aliphatic rings. The molecule has 0 heterocycles. The van der Waals surface area contributed by atoms with Crippen molar-refractivity contribution in [2.75, 3.05) is 119 Å². The number of ether oxygens (including phenoxy) is 10. The lowest BCUT2D eigenvalue weighted by atomic mass is 10.0. The van der Waals surface area contributed by atoms with Crippen molar-refractivity contribution in [2.24, 2.45) is 0 Å². The largest absolute Gasteiger partial charge is 0.491 e. The summed E-state index contributed by atoms with van der Waals surface area (Å²) in [6.07, 6.45) is 13.9. The molecule has 11 heteroatoms. The fourth-order valence-electron chi connectivity index (χ4n) is 4.70. The lowest BCUT2D eigenvalue weighted by molar-refractivity contribution is -0.145. The van der Waals surface area contributed by atoms with Crippen molar-refractivity contribution < 1.29 is 52.2 Å². The lowest BCUT2D eigenvalue weighted by Crippen LogP contribution is -2.15. The number of hydrogen-bond donors (Lipinski definition) is 0. The van der Waals surface area contributed by atoms with Gasteiger partial charge in [0.15, 0.2) is 0 Å². The molecule has 0 aliphatic carbocycles. The first kappa shape index (κ1) is 46.2. The fraction of sp³-hybridized carbons (Fsp3) is 0.821. The first-order chi connectivity index (χ1) is 24.8. The van der Waals surface area contributed by atoms with Crippen molar-refractivity contribution >= 4 is 5.97 Å². The Labute approximate surface area is 303 Å². The van der Waals surface area contributed by atoms with E-state index in [1.807, 2.05) is 12.1 Å². The number of carbonyl (C=O) groups is 1. The smallest absolute Gasteiger partial charge is 0.305 e. The maximum atomic E-state index is 11.6. The summed E-state index contributed by atoms with van der Waals surface area (Å²) in [5.41, 5.74) is 1.38. The molecular formula is C39H70O11. The first-order valence-electron chi connectivity index (χ1n) is 19.3. The van der Waals surface area contributed by atoms with Crippen molar-refractivity contribution in [3.63, 3.8) is 0 Å². The maximum Gasteiger partial charge on any atom is 0.305 e. The molecule has 0 amide bonds. The third-order valence-corrected chi connectivity index (χ3v) is 7.57. The highest BCUT2D eigenvalue weighted by atomic mass is 16.6. The fourth-order valence-corrected chi connectivity index (χ4v) is 4.70.